The van der Waals surface area contributed by atoms with Gasteiger partial charge in [-0.1, -0.05) is 19.3 Å². The fourth-order valence-corrected chi connectivity index (χ4v) is 3.81. The fourth-order valence-electron chi connectivity index (χ4n) is 3.81. The van der Waals surface area contributed by atoms with E-state index in [1.54, 1.807) is 6.33 Å². The first kappa shape index (κ1) is 14.0. The van der Waals surface area contributed by atoms with Gasteiger partial charge < -0.3 is 5.32 Å². The van der Waals surface area contributed by atoms with Crippen LogP contribution in [0.5, 0.6) is 0 Å². The molecule has 0 radical (unpaired) electrons. The van der Waals surface area contributed by atoms with E-state index in [1.807, 2.05) is 11.7 Å². The van der Waals surface area contributed by atoms with Gasteiger partial charge in [0.1, 0.15) is 12.2 Å². The Labute approximate surface area is 121 Å². The molecule has 1 aromatic heterocycles. The maximum Gasteiger partial charge on any atom is 0.140 e. The van der Waals surface area contributed by atoms with Gasteiger partial charge in [-0.2, -0.15) is 5.10 Å². The summed E-state index contributed by atoms with van der Waals surface area (Å²) in [5.41, 5.74) is 0. The molecule has 1 aromatic rings. The van der Waals surface area contributed by atoms with Crippen molar-refractivity contribution in [1.82, 2.24) is 25.0 Å². The van der Waals surface area contributed by atoms with Crippen molar-refractivity contribution >= 4 is 0 Å². The molecular formula is C15H27N5. The number of hydrogen-bond donors (Lipinski definition) is 1. The minimum Gasteiger partial charge on any atom is -0.311 e. The average Bonchev–Trinajstić information content (AvgIpc) is 2.85. The highest BCUT2D eigenvalue weighted by Crippen LogP contribution is 2.30. The molecule has 2 heterocycles. The van der Waals surface area contributed by atoms with Gasteiger partial charge in [-0.05, 0) is 25.7 Å². The molecule has 0 bridgehead atoms. The lowest BCUT2D eigenvalue weighted by atomic mass is 9.82. The normalized spacial score (nSPS) is 29.7. The predicted octanol–water partition coefficient (Wildman–Crippen LogP) is 1.56. The molecule has 1 aliphatic heterocycles. The molecule has 0 aromatic carbocycles. The Hall–Kier alpha value is -0.940. The minimum atomic E-state index is 0.572. The Kier molecular flexibility index (Phi) is 4.36. The first-order valence-corrected chi connectivity index (χ1v) is 8.04. The van der Waals surface area contributed by atoms with E-state index in [0.717, 1.165) is 31.4 Å². The molecule has 5 nitrogen and oxygen atoms in total. The van der Waals surface area contributed by atoms with Crippen molar-refractivity contribution in [2.75, 3.05) is 13.1 Å². The van der Waals surface area contributed by atoms with Crippen LogP contribution < -0.4 is 5.32 Å². The molecule has 1 N–H and O–H groups in total. The van der Waals surface area contributed by atoms with Gasteiger partial charge in [0.2, 0.25) is 0 Å². The number of aryl methyl sites for hydroxylation is 1. The lowest BCUT2D eigenvalue weighted by Crippen LogP contribution is -2.58. The molecule has 2 aliphatic rings. The van der Waals surface area contributed by atoms with E-state index < -0.39 is 0 Å². The van der Waals surface area contributed by atoms with E-state index in [4.69, 9.17) is 0 Å². The molecule has 1 aliphatic carbocycles. The highest BCUT2D eigenvalue weighted by atomic mass is 15.3. The summed E-state index contributed by atoms with van der Waals surface area (Å²) in [5.74, 6) is 1.94. The second kappa shape index (κ2) is 6.22. The Morgan fingerprint density at radius 2 is 2.10 bits per heavy atom. The topological polar surface area (TPSA) is 46.0 Å². The molecule has 0 amide bonds. The second-order valence-electron chi connectivity index (χ2n) is 6.50. The van der Waals surface area contributed by atoms with Gasteiger partial charge in [-0.25, -0.2) is 4.98 Å². The third-order valence-corrected chi connectivity index (χ3v) is 5.00. The standard InChI is InChI=1S/C15H27N5/c1-12-9-20(10-15-17-11-18-19(15)2)14(8-16-12)13-6-4-3-5-7-13/h11-14,16H,3-10H2,1-2H3. The van der Waals surface area contributed by atoms with Gasteiger partial charge in [0.25, 0.3) is 0 Å². The quantitative estimate of drug-likeness (QED) is 0.911. The van der Waals surface area contributed by atoms with Crippen LogP contribution in [-0.2, 0) is 13.6 Å². The number of aromatic nitrogens is 3. The van der Waals surface area contributed by atoms with Crippen LogP contribution >= 0.6 is 0 Å². The SMILES string of the molecule is CC1CN(Cc2ncnn2C)C(C2CCCCC2)CN1. The Bertz CT molecular complexity index is 424. The molecule has 3 rings (SSSR count). The molecule has 2 fully saturated rings. The van der Waals surface area contributed by atoms with Crippen molar-refractivity contribution in [3.8, 4) is 0 Å². The lowest BCUT2D eigenvalue weighted by molar-refractivity contribution is 0.0658. The largest absolute Gasteiger partial charge is 0.311 e. The third-order valence-electron chi connectivity index (χ3n) is 5.00. The Morgan fingerprint density at radius 3 is 2.80 bits per heavy atom. The van der Waals surface area contributed by atoms with E-state index in [2.05, 4.69) is 27.2 Å². The summed E-state index contributed by atoms with van der Waals surface area (Å²) in [4.78, 5) is 7.04. The van der Waals surface area contributed by atoms with Crippen molar-refractivity contribution in [3.63, 3.8) is 0 Å². The van der Waals surface area contributed by atoms with Crippen LogP contribution in [0.4, 0.5) is 0 Å². The maximum atomic E-state index is 4.40. The van der Waals surface area contributed by atoms with Crippen LogP contribution in [-0.4, -0.2) is 44.8 Å². The maximum absolute atomic E-state index is 4.40. The molecule has 0 spiro atoms. The number of nitrogens with one attached hydrogen (secondary N) is 1. The van der Waals surface area contributed by atoms with Gasteiger partial charge in [0, 0.05) is 32.2 Å². The number of rotatable bonds is 3. The lowest BCUT2D eigenvalue weighted by Gasteiger charge is -2.44. The van der Waals surface area contributed by atoms with Gasteiger partial charge in [-0.3, -0.25) is 9.58 Å². The summed E-state index contributed by atoms with van der Waals surface area (Å²) in [6, 6.07) is 1.24. The highest BCUT2D eigenvalue weighted by Gasteiger charge is 2.33. The molecule has 5 heteroatoms. The number of hydrogen-bond acceptors (Lipinski definition) is 4. The summed E-state index contributed by atoms with van der Waals surface area (Å²) in [7, 11) is 1.99. The van der Waals surface area contributed by atoms with E-state index in [-0.39, 0.29) is 0 Å². The summed E-state index contributed by atoms with van der Waals surface area (Å²) in [6.45, 7) is 5.46. The van der Waals surface area contributed by atoms with Crippen LogP contribution in [0.3, 0.4) is 0 Å². The first-order valence-electron chi connectivity index (χ1n) is 8.04. The second-order valence-corrected chi connectivity index (χ2v) is 6.50. The minimum absolute atomic E-state index is 0.572. The molecule has 2 atom stereocenters. The van der Waals surface area contributed by atoms with Crippen LogP contribution in [0.2, 0.25) is 0 Å². The Morgan fingerprint density at radius 1 is 1.30 bits per heavy atom. The van der Waals surface area contributed by atoms with Crippen molar-refractivity contribution in [1.29, 1.82) is 0 Å². The van der Waals surface area contributed by atoms with Crippen molar-refractivity contribution in [2.45, 2.75) is 57.7 Å². The van der Waals surface area contributed by atoms with Crippen molar-refractivity contribution in [2.24, 2.45) is 13.0 Å². The molecule has 112 valence electrons. The highest BCUT2D eigenvalue weighted by molar-refractivity contribution is 4.93. The number of nitrogens with zero attached hydrogens (tertiary/aromatic N) is 4. The van der Waals surface area contributed by atoms with E-state index >= 15 is 0 Å². The molecular weight excluding hydrogens is 250 g/mol. The van der Waals surface area contributed by atoms with Crippen LogP contribution in [0.15, 0.2) is 6.33 Å². The third kappa shape index (κ3) is 3.04. The van der Waals surface area contributed by atoms with E-state index in [1.165, 1.54) is 32.1 Å². The van der Waals surface area contributed by atoms with Crippen LogP contribution in [0.25, 0.3) is 0 Å². The van der Waals surface area contributed by atoms with Crippen molar-refractivity contribution in [3.05, 3.63) is 12.2 Å². The summed E-state index contributed by atoms with van der Waals surface area (Å²) < 4.78 is 1.91. The summed E-state index contributed by atoms with van der Waals surface area (Å²) in [5, 5.41) is 7.87. The van der Waals surface area contributed by atoms with Crippen molar-refractivity contribution < 1.29 is 0 Å². The smallest absolute Gasteiger partial charge is 0.140 e. The number of piperazine rings is 1. The zero-order valence-electron chi connectivity index (χ0n) is 12.8. The van der Waals surface area contributed by atoms with Gasteiger partial charge in [0.05, 0.1) is 6.54 Å². The van der Waals surface area contributed by atoms with E-state index in [9.17, 15) is 0 Å². The van der Waals surface area contributed by atoms with E-state index in [0.29, 0.717) is 12.1 Å². The van der Waals surface area contributed by atoms with Gasteiger partial charge in [0.15, 0.2) is 0 Å². The monoisotopic (exact) mass is 277 g/mol. The van der Waals surface area contributed by atoms with Crippen LogP contribution in [0, 0.1) is 5.92 Å². The molecule has 1 saturated heterocycles. The molecule has 20 heavy (non-hydrogen) atoms. The van der Waals surface area contributed by atoms with Gasteiger partial charge >= 0.3 is 0 Å². The molecule has 1 saturated carbocycles. The zero-order valence-corrected chi connectivity index (χ0v) is 12.8. The van der Waals surface area contributed by atoms with Gasteiger partial charge in [-0.15, -0.1) is 0 Å². The fraction of sp³-hybridized carbons (Fsp3) is 0.867. The average molecular weight is 277 g/mol. The predicted molar refractivity (Wildman–Crippen MR) is 79.2 cm³/mol. The molecule has 2 unspecified atom stereocenters. The first-order chi connectivity index (χ1) is 9.74. The Balaban J connectivity index is 1.71. The summed E-state index contributed by atoms with van der Waals surface area (Å²) in [6.07, 6.45) is 8.71. The van der Waals surface area contributed by atoms with Crippen LogP contribution in [0.1, 0.15) is 44.9 Å². The zero-order chi connectivity index (χ0) is 13.9. The summed E-state index contributed by atoms with van der Waals surface area (Å²) >= 11 is 0.